The van der Waals surface area contributed by atoms with Crippen molar-refractivity contribution in [2.24, 2.45) is 0 Å². The summed E-state index contributed by atoms with van der Waals surface area (Å²) in [6.45, 7) is 4.56. The molecule has 2 aliphatic rings. The summed E-state index contributed by atoms with van der Waals surface area (Å²) in [6, 6.07) is 7.25. The molecule has 1 aromatic heterocycles. The number of nitrogens with one attached hydrogen (secondary N) is 1. The molecule has 4 rings (SSSR count). The number of nitrogens with zero attached hydrogens (tertiary/aromatic N) is 5. The summed E-state index contributed by atoms with van der Waals surface area (Å²) in [4.78, 5) is 28.2. The Hall–Kier alpha value is -2.52. The lowest BCUT2D eigenvalue weighted by atomic mass is 9.86. The van der Waals surface area contributed by atoms with Crippen LogP contribution in [0.25, 0.3) is 11.0 Å². The number of hydrogen-bond acceptors (Lipinski definition) is 6. The van der Waals surface area contributed by atoms with Crippen LogP contribution in [0.4, 0.5) is 0 Å². The molecule has 156 valence electrons. The van der Waals surface area contributed by atoms with Gasteiger partial charge in [0.05, 0.1) is 17.7 Å². The fourth-order valence-electron chi connectivity index (χ4n) is 4.50. The highest BCUT2D eigenvalue weighted by Gasteiger charge is 2.37. The van der Waals surface area contributed by atoms with Crippen LogP contribution < -0.4 is 5.32 Å². The van der Waals surface area contributed by atoms with E-state index in [4.69, 9.17) is 0 Å². The third-order valence-corrected chi connectivity index (χ3v) is 6.11. The largest absolute Gasteiger partial charge is 0.389 e. The molecule has 2 N–H and O–H groups in total. The highest BCUT2D eigenvalue weighted by Crippen LogP contribution is 2.25. The maximum atomic E-state index is 12.6. The fourth-order valence-corrected chi connectivity index (χ4v) is 4.50. The Balaban J connectivity index is 1.35. The first-order valence-corrected chi connectivity index (χ1v) is 10.3. The van der Waals surface area contributed by atoms with Gasteiger partial charge in [0.2, 0.25) is 11.8 Å². The van der Waals surface area contributed by atoms with Crippen LogP contribution >= 0.6 is 0 Å². The monoisotopic (exact) mass is 400 g/mol. The predicted octanol–water partition coefficient (Wildman–Crippen LogP) is -0.00640. The summed E-state index contributed by atoms with van der Waals surface area (Å²) < 4.78 is 1.58. The minimum Gasteiger partial charge on any atom is -0.389 e. The molecule has 2 fully saturated rings. The van der Waals surface area contributed by atoms with Crippen molar-refractivity contribution in [2.45, 2.75) is 50.9 Å². The Labute approximate surface area is 169 Å². The Morgan fingerprint density at radius 2 is 1.93 bits per heavy atom. The van der Waals surface area contributed by atoms with Crippen molar-refractivity contribution < 1.29 is 14.7 Å². The average Bonchev–Trinajstić information content (AvgIpc) is 3.12. The van der Waals surface area contributed by atoms with E-state index < -0.39 is 6.10 Å². The normalized spacial score (nSPS) is 25.9. The Morgan fingerprint density at radius 3 is 2.69 bits per heavy atom. The molecule has 1 aromatic carbocycles. The first kappa shape index (κ1) is 19.8. The third kappa shape index (κ3) is 4.25. The highest BCUT2D eigenvalue weighted by atomic mass is 16.3. The number of piperazine rings is 1. The number of carbonyl (C=O) groups is 2. The van der Waals surface area contributed by atoms with Gasteiger partial charge in [0.1, 0.15) is 12.1 Å². The summed E-state index contributed by atoms with van der Waals surface area (Å²) in [7, 11) is 0. The zero-order valence-corrected chi connectivity index (χ0v) is 16.7. The number of fused-ring (bicyclic) bond motifs is 1. The maximum Gasteiger partial charge on any atom is 0.242 e. The van der Waals surface area contributed by atoms with Crippen LogP contribution in [0.1, 0.15) is 26.2 Å². The summed E-state index contributed by atoms with van der Waals surface area (Å²) in [5, 5.41) is 22.1. The predicted molar refractivity (Wildman–Crippen MR) is 107 cm³/mol. The van der Waals surface area contributed by atoms with E-state index >= 15 is 0 Å². The number of aliphatic hydroxyl groups excluding tert-OH is 1. The highest BCUT2D eigenvalue weighted by molar-refractivity contribution is 5.80. The molecule has 0 unspecified atom stereocenters. The summed E-state index contributed by atoms with van der Waals surface area (Å²) >= 11 is 0. The number of aliphatic hydroxyl groups is 1. The molecule has 2 amide bonds. The minimum absolute atomic E-state index is 0.00959. The molecule has 0 spiro atoms. The molecular weight excluding hydrogens is 372 g/mol. The SMILES string of the molecule is CC(=O)N1CCN([C@@H]2CCC[C@@H](NC(=O)Cn3nnc4ccccc43)[C@H]2O)CC1. The smallest absolute Gasteiger partial charge is 0.242 e. The fraction of sp³-hybridized carbons (Fsp3) is 0.600. The van der Waals surface area contributed by atoms with Crippen LogP contribution in [0.3, 0.4) is 0 Å². The van der Waals surface area contributed by atoms with Gasteiger partial charge in [0.25, 0.3) is 0 Å². The number of rotatable bonds is 4. The molecule has 29 heavy (non-hydrogen) atoms. The molecule has 1 aliphatic heterocycles. The van der Waals surface area contributed by atoms with Gasteiger partial charge in [-0.2, -0.15) is 0 Å². The van der Waals surface area contributed by atoms with E-state index in [1.807, 2.05) is 29.2 Å². The van der Waals surface area contributed by atoms with E-state index in [0.29, 0.717) is 13.1 Å². The zero-order valence-electron chi connectivity index (χ0n) is 16.7. The summed E-state index contributed by atoms with van der Waals surface area (Å²) in [6.07, 6.45) is 1.99. The van der Waals surface area contributed by atoms with Crippen LogP contribution in [0.5, 0.6) is 0 Å². The van der Waals surface area contributed by atoms with Crippen molar-refractivity contribution in [3.05, 3.63) is 24.3 Å². The summed E-state index contributed by atoms with van der Waals surface area (Å²) in [5.41, 5.74) is 1.57. The van der Waals surface area contributed by atoms with E-state index in [1.165, 1.54) is 0 Å². The molecule has 3 atom stereocenters. The van der Waals surface area contributed by atoms with Gasteiger partial charge < -0.3 is 15.3 Å². The number of amides is 2. The second-order valence-electron chi connectivity index (χ2n) is 7.94. The quantitative estimate of drug-likeness (QED) is 0.749. The second kappa shape index (κ2) is 8.46. The van der Waals surface area contributed by atoms with Gasteiger partial charge >= 0.3 is 0 Å². The first-order valence-electron chi connectivity index (χ1n) is 10.3. The lowest BCUT2D eigenvalue weighted by molar-refractivity contribution is -0.132. The van der Waals surface area contributed by atoms with Crippen molar-refractivity contribution in [1.29, 1.82) is 0 Å². The molecule has 1 aliphatic carbocycles. The molecule has 2 aromatic rings. The van der Waals surface area contributed by atoms with Gasteiger partial charge in [-0.25, -0.2) is 4.68 Å². The van der Waals surface area contributed by atoms with Gasteiger partial charge in [0.15, 0.2) is 0 Å². The van der Waals surface area contributed by atoms with Gasteiger partial charge in [-0.3, -0.25) is 14.5 Å². The third-order valence-electron chi connectivity index (χ3n) is 6.11. The Bertz CT molecular complexity index is 876. The van der Waals surface area contributed by atoms with Crippen molar-refractivity contribution in [2.75, 3.05) is 26.2 Å². The lowest BCUT2D eigenvalue weighted by Gasteiger charge is -2.45. The number of carbonyl (C=O) groups excluding carboxylic acids is 2. The van der Waals surface area contributed by atoms with E-state index in [2.05, 4.69) is 20.5 Å². The molecule has 9 nitrogen and oxygen atoms in total. The van der Waals surface area contributed by atoms with E-state index in [1.54, 1.807) is 11.6 Å². The number of para-hydroxylation sites is 1. The topological polar surface area (TPSA) is 104 Å². The van der Waals surface area contributed by atoms with Crippen molar-refractivity contribution in [1.82, 2.24) is 30.1 Å². The first-order chi connectivity index (χ1) is 14.0. The number of aromatic nitrogens is 3. The van der Waals surface area contributed by atoms with Crippen LogP contribution in [0, 0.1) is 0 Å². The van der Waals surface area contributed by atoms with Gasteiger partial charge in [-0.15, -0.1) is 5.10 Å². The lowest BCUT2D eigenvalue weighted by Crippen LogP contribution is -2.60. The van der Waals surface area contributed by atoms with Gasteiger partial charge in [-0.05, 0) is 31.4 Å². The maximum absolute atomic E-state index is 12.6. The molecular formula is C20H28N6O3. The van der Waals surface area contributed by atoms with E-state index in [9.17, 15) is 14.7 Å². The Morgan fingerprint density at radius 1 is 1.17 bits per heavy atom. The van der Waals surface area contributed by atoms with E-state index in [-0.39, 0.29) is 30.4 Å². The van der Waals surface area contributed by atoms with Crippen molar-refractivity contribution >= 4 is 22.8 Å². The van der Waals surface area contributed by atoms with Crippen molar-refractivity contribution in [3.8, 4) is 0 Å². The molecule has 0 bridgehead atoms. The van der Waals surface area contributed by atoms with Gasteiger partial charge in [0, 0.05) is 39.1 Å². The molecule has 9 heteroatoms. The van der Waals surface area contributed by atoms with E-state index in [0.717, 1.165) is 43.4 Å². The van der Waals surface area contributed by atoms with Crippen molar-refractivity contribution in [3.63, 3.8) is 0 Å². The number of benzene rings is 1. The van der Waals surface area contributed by atoms with Crippen LogP contribution in [-0.2, 0) is 16.1 Å². The van der Waals surface area contributed by atoms with Crippen LogP contribution in [0.2, 0.25) is 0 Å². The minimum atomic E-state index is -0.621. The molecule has 1 saturated heterocycles. The Kier molecular flexibility index (Phi) is 5.77. The zero-order chi connectivity index (χ0) is 20.4. The standard InChI is InChI=1S/C20H28N6O3/c1-14(27)24-9-11-25(12-10-24)18-8-4-6-16(20(18)29)21-19(28)13-26-17-7-3-2-5-15(17)22-23-26/h2-3,5,7,16,18,20,29H,4,6,8-13H2,1H3,(H,21,28)/t16-,18-,20-/m1/s1. The molecule has 0 radical (unpaired) electrons. The second-order valence-corrected chi connectivity index (χ2v) is 7.94. The average molecular weight is 400 g/mol. The number of hydrogen-bond donors (Lipinski definition) is 2. The van der Waals surface area contributed by atoms with Crippen LogP contribution in [-0.4, -0.2) is 86.1 Å². The molecule has 2 heterocycles. The van der Waals surface area contributed by atoms with Crippen LogP contribution in [0.15, 0.2) is 24.3 Å². The van der Waals surface area contributed by atoms with Gasteiger partial charge in [-0.1, -0.05) is 17.3 Å². The summed E-state index contributed by atoms with van der Waals surface area (Å²) in [5.74, 6) is -0.0774. The molecule has 1 saturated carbocycles.